The van der Waals surface area contributed by atoms with Gasteiger partial charge in [-0.25, -0.2) is 0 Å². The van der Waals surface area contributed by atoms with E-state index in [4.69, 9.17) is 14.2 Å². The number of ether oxygens (including phenoxy) is 3. The van der Waals surface area contributed by atoms with Gasteiger partial charge in [-0.05, 0) is 24.7 Å². The first-order chi connectivity index (χ1) is 8.76. The molecule has 1 aromatic carbocycles. The quantitative estimate of drug-likeness (QED) is 0.791. The summed E-state index contributed by atoms with van der Waals surface area (Å²) < 4.78 is 15.6. The number of likely N-dealkylation sites (N-methyl/N-ethyl adjacent to an activating group) is 1. The van der Waals surface area contributed by atoms with Gasteiger partial charge >= 0.3 is 0 Å². The van der Waals surface area contributed by atoms with Crippen LogP contribution in [0, 0.1) is 11.3 Å². The molecule has 1 atom stereocenters. The summed E-state index contributed by atoms with van der Waals surface area (Å²) in [5.41, 5.74) is 0.903. The molecule has 96 valence electrons. The highest BCUT2D eigenvalue weighted by atomic mass is 16.7. The van der Waals surface area contributed by atoms with Gasteiger partial charge in [-0.3, -0.25) is 4.90 Å². The molecule has 0 aromatic heterocycles. The Labute approximate surface area is 106 Å². The molecule has 0 aliphatic carbocycles. The molecule has 0 amide bonds. The van der Waals surface area contributed by atoms with Crippen LogP contribution in [0.25, 0.3) is 0 Å². The topological polar surface area (TPSA) is 54.7 Å². The molecule has 1 unspecified atom stereocenters. The highest BCUT2D eigenvalue weighted by molar-refractivity contribution is 5.46. The number of hydrogen-bond acceptors (Lipinski definition) is 5. The lowest BCUT2D eigenvalue weighted by atomic mass is 10.1. The average Bonchev–Trinajstić information content (AvgIpc) is 2.84. The molecule has 18 heavy (non-hydrogen) atoms. The molecule has 0 fully saturated rings. The standard InChI is InChI=1S/C13H16N2O3/c1-15(5-6-16-2)11(8-14)10-3-4-12-13(7-10)18-9-17-12/h3-4,7,11H,5-6,9H2,1-2H3. The molecule has 0 saturated heterocycles. The van der Waals surface area contributed by atoms with Gasteiger partial charge in [-0.2, -0.15) is 5.26 Å². The van der Waals surface area contributed by atoms with Crippen molar-refractivity contribution < 1.29 is 14.2 Å². The zero-order valence-corrected chi connectivity index (χ0v) is 10.5. The number of methoxy groups -OCH3 is 1. The van der Waals surface area contributed by atoms with Crippen molar-refractivity contribution in [2.24, 2.45) is 0 Å². The molecular formula is C13H16N2O3. The molecule has 1 aliphatic heterocycles. The van der Waals surface area contributed by atoms with Crippen LogP contribution in [0.15, 0.2) is 18.2 Å². The van der Waals surface area contributed by atoms with Crippen molar-refractivity contribution in [3.05, 3.63) is 23.8 Å². The summed E-state index contributed by atoms with van der Waals surface area (Å²) in [6.07, 6.45) is 0. The Bertz CT molecular complexity index is 456. The molecule has 0 radical (unpaired) electrons. The first-order valence-corrected chi connectivity index (χ1v) is 5.74. The second-order valence-corrected chi connectivity index (χ2v) is 4.12. The predicted molar refractivity (Wildman–Crippen MR) is 65.4 cm³/mol. The molecule has 5 nitrogen and oxygen atoms in total. The summed E-state index contributed by atoms with van der Waals surface area (Å²) in [6, 6.07) is 7.58. The van der Waals surface area contributed by atoms with E-state index in [-0.39, 0.29) is 12.8 Å². The van der Waals surface area contributed by atoms with Crippen molar-refractivity contribution in [2.75, 3.05) is 34.1 Å². The van der Waals surface area contributed by atoms with Crippen molar-refractivity contribution in [1.29, 1.82) is 5.26 Å². The van der Waals surface area contributed by atoms with E-state index in [0.717, 1.165) is 11.3 Å². The predicted octanol–water partition coefficient (Wildman–Crippen LogP) is 1.56. The SMILES string of the molecule is COCCN(C)C(C#N)c1ccc2c(c1)OCO2. The van der Waals surface area contributed by atoms with Gasteiger partial charge in [0, 0.05) is 13.7 Å². The average molecular weight is 248 g/mol. The Kier molecular flexibility index (Phi) is 4.03. The Morgan fingerprint density at radius 1 is 1.44 bits per heavy atom. The van der Waals surface area contributed by atoms with Crippen LogP contribution < -0.4 is 9.47 Å². The largest absolute Gasteiger partial charge is 0.454 e. The maximum Gasteiger partial charge on any atom is 0.231 e. The smallest absolute Gasteiger partial charge is 0.231 e. The van der Waals surface area contributed by atoms with Crippen LogP contribution >= 0.6 is 0 Å². The molecule has 5 heteroatoms. The molecule has 1 aliphatic rings. The fourth-order valence-corrected chi connectivity index (χ4v) is 1.88. The van der Waals surface area contributed by atoms with Gasteiger partial charge in [0.2, 0.25) is 6.79 Å². The number of nitrogens with zero attached hydrogens (tertiary/aromatic N) is 2. The number of fused-ring (bicyclic) bond motifs is 1. The third-order valence-corrected chi connectivity index (χ3v) is 2.92. The molecule has 2 rings (SSSR count). The first-order valence-electron chi connectivity index (χ1n) is 5.74. The van der Waals surface area contributed by atoms with Crippen molar-refractivity contribution in [3.63, 3.8) is 0 Å². The lowest BCUT2D eigenvalue weighted by molar-refractivity contribution is 0.151. The lowest BCUT2D eigenvalue weighted by Gasteiger charge is -2.22. The van der Waals surface area contributed by atoms with Gasteiger partial charge in [0.05, 0.1) is 12.7 Å². The number of nitriles is 1. The van der Waals surface area contributed by atoms with Crippen molar-refractivity contribution in [2.45, 2.75) is 6.04 Å². The molecule has 0 spiro atoms. The van der Waals surface area contributed by atoms with E-state index >= 15 is 0 Å². The summed E-state index contributed by atoms with van der Waals surface area (Å²) in [4.78, 5) is 1.95. The highest BCUT2D eigenvalue weighted by Crippen LogP contribution is 2.35. The van der Waals surface area contributed by atoms with E-state index in [9.17, 15) is 5.26 Å². The minimum atomic E-state index is -0.311. The third-order valence-electron chi connectivity index (χ3n) is 2.92. The van der Waals surface area contributed by atoms with Gasteiger partial charge in [-0.1, -0.05) is 6.07 Å². The molecule has 0 N–H and O–H groups in total. The van der Waals surface area contributed by atoms with E-state index in [2.05, 4.69) is 6.07 Å². The second-order valence-electron chi connectivity index (χ2n) is 4.12. The van der Waals surface area contributed by atoms with Crippen molar-refractivity contribution >= 4 is 0 Å². The maximum atomic E-state index is 9.29. The molecule has 1 aromatic rings. The molecule has 0 saturated carbocycles. The Hall–Kier alpha value is -1.77. The fourth-order valence-electron chi connectivity index (χ4n) is 1.88. The summed E-state index contributed by atoms with van der Waals surface area (Å²) in [7, 11) is 3.55. The zero-order chi connectivity index (χ0) is 13.0. The third kappa shape index (κ3) is 2.55. The number of hydrogen-bond donors (Lipinski definition) is 0. The number of rotatable bonds is 5. The van der Waals surface area contributed by atoms with Crippen LogP contribution in [0.1, 0.15) is 11.6 Å². The van der Waals surface area contributed by atoms with Gasteiger partial charge < -0.3 is 14.2 Å². The summed E-state index contributed by atoms with van der Waals surface area (Å²) in [5.74, 6) is 1.43. The summed E-state index contributed by atoms with van der Waals surface area (Å²) in [6.45, 7) is 1.54. The maximum absolute atomic E-state index is 9.29. The van der Waals surface area contributed by atoms with Crippen LogP contribution in [0.3, 0.4) is 0 Å². The Morgan fingerprint density at radius 2 is 2.22 bits per heavy atom. The van der Waals surface area contributed by atoms with Crippen LogP contribution in [-0.4, -0.2) is 39.0 Å². The van der Waals surface area contributed by atoms with Crippen LogP contribution in [0.2, 0.25) is 0 Å². The summed E-state index contributed by atoms with van der Waals surface area (Å²) in [5, 5.41) is 9.29. The van der Waals surface area contributed by atoms with E-state index < -0.39 is 0 Å². The first kappa shape index (κ1) is 12.7. The van der Waals surface area contributed by atoms with Gasteiger partial charge in [0.1, 0.15) is 6.04 Å². The molecular weight excluding hydrogens is 232 g/mol. The molecule has 0 bridgehead atoms. The van der Waals surface area contributed by atoms with Gasteiger partial charge in [0.25, 0.3) is 0 Å². The lowest BCUT2D eigenvalue weighted by Crippen LogP contribution is -2.27. The highest BCUT2D eigenvalue weighted by Gasteiger charge is 2.20. The van der Waals surface area contributed by atoms with E-state index in [1.54, 1.807) is 7.11 Å². The van der Waals surface area contributed by atoms with Gasteiger partial charge in [-0.15, -0.1) is 0 Å². The minimum Gasteiger partial charge on any atom is -0.454 e. The van der Waals surface area contributed by atoms with Gasteiger partial charge in [0.15, 0.2) is 11.5 Å². The van der Waals surface area contributed by atoms with Crippen molar-refractivity contribution in [1.82, 2.24) is 4.90 Å². The fraction of sp³-hybridized carbons (Fsp3) is 0.462. The van der Waals surface area contributed by atoms with Crippen LogP contribution in [0.5, 0.6) is 11.5 Å². The molecule has 1 heterocycles. The Morgan fingerprint density at radius 3 is 2.94 bits per heavy atom. The normalized spacial score (nSPS) is 14.6. The summed E-state index contributed by atoms with van der Waals surface area (Å²) >= 11 is 0. The Balaban J connectivity index is 2.15. The van der Waals surface area contributed by atoms with Crippen LogP contribution in [-0.2, 0) is 4.74 Å². The minimum absolute atomic E-state index is 0.246. The van der Waals surface area contributed by atoms with Crippen molar-refractivity contribution in [3.8, 4) is 17.6 Å². The van der Waals surface area contributed by atoms with Crippen LogP contribution in [0.4, 0.5) is 0 Å². The van der Waals surface area contributed by atoms with E-state index in [1.165, 1.54) is 0 Å². The monoisotopic (exact) mass is 248 g/mol. The zero-order valence-electron chi connectivity index (χ0n) is 10.5. The second kappa shape index (κ2) is 5.71. The van der Waals surface area contributed by atoms with E-state index in [1.807, 2.05) is 30.1 Å². The van der Waals surface area contributed by atoms with E-state index in [0.29, 0.717) is 18.9 Å². The number of benzene rings is 1.